The van der Waals surface area contributed by atoms with Crippen LogP contribution in [0.1, 0.15) is 51.2 Å². The van der Waals surface area contributed by atoms with Gasteiger partial charge in [0.05, 0.1) is 5.56 Å². The molecule has 0 unspecified atom stereocenters. The highest BCUT2D eigenvalue weighted by Gasteiger charge is 2.28. The van der Waals surface area contributed by atoms with E-state index in [9.17, 15) is 0 Å². The monoisotopic (exact) mass is 296 g/mol. The van der Waals surface area contributed by atoms with Gasteiger partial charge in [0.1, 0.15) is 24.6 Å². The Balaban J connectivity index is 1.96. The summed E-state index contributed by atoms with van der Waals surface area (Å²) in [5.41, 5.74) is 4.40. The molecule has 4 rings (SSSR count). The van der Waals surface area contributed by atoms with Crippen molar-refractivity contribution in [2.75, 3.05) is 13.1 Å². The normalized spacial score (nSPS) is 19.5. The fourth-order valence-electron chi connectivity index (χ4n) is 4.22. The zero-order valence-electron chi connectivity index (χ0n) is 14.0. The lowest BCUT2D eigenvalue weighted by Crippen LogP contribution is -2.45. The van der Waals surface area contributed by atoms with Gasteiger partial charge in [-0.05, 0) is 43.4 Å². The molecule has 0 saturated heterocycles. The third-order valence-corrected chi connectivity index (χ3v) is 5.12. The molecule has 0 aromatic heterocycles. The first-order chi connectivity index (χ1) is 10.6. The second-order valence-corrected chi connectivity index (χ2v) is 7.43. The number of nitrogens with zero attached hydrogens (tertiary/aromatic N) is 1. The summed E-state index contributed by atoms with van der Waals surface area (Å²) in [6, 6.07) is 2.41. The van der Waals surface area contributed by atoms with Crippen LogP contribution >= 0.6 is 0 Å². The van der Waals surface area contributed by atoms with Gasteiger partial charge in [0.25, 0.3) is 0 Å². The van der Waals surface area contributed by atoms with E-state index in [1.165, 1.54) is 66.2 Å². The first-order valence-electron chi connectivity index (χ1n) is 8.79. The summed E-state index contributed by atoms with van der Waals surface area (Å²) in [5, 5.41) is 2.85. The van der Waals surface area contributed by atoms with Crippen molar-refractivity contribution in [1.82, 2.24) is 4.58 Å². The molecule has 0 radical (unpaired) electrons. The minimum absolute atomic E-state index is 0.631. The molecular formula is C20H26NO+. The molecule has 0 saturated carbocycles. The Bertz CT molecular complexity index is 779. The van der Waals surface area contributed by atoms with Gasteiger partial charge in [0.15, 0.2) is 0 Å². The van der Waals surface area contributed by atoms with Crippen molar-refractivity contribution in [2.45, 2.75) is 52.9 Å². The lowest BCUT2D eigenvalue weighted by atomic mass is 9.92. The van der Waals surface area contributed by atoms with Crippen molar-refractivity contribution < 1.29 is 4.74 Å². The molecule has 0 aliphatic carbocycles. The molecule has 3 heterocycles. The second kappa shape index (κ2) is 5.26. The first-order valence-corrected chi connectivity index (χ1v) is 8.79. The third kappa shape index (κ3) is 2.20. The Morgan fingerprint density at radius 1 is 1.18 bits per heavy atom. The molecule has 3 aliphatic rings. The highest BCUT2D eigenvalue weighted by Crippen LogP contribution is 2.26. The SMILES string of the molecule is CC1=c2cc3c4c(c2OC(CC(C)C)=C1)CCC[N+]=4CCC3. The maximum atomic E-state index is 6.40. The predicted octanol–water partition coefficient (Wildman–Crippen LogP) is 2.56. The number of hydrogen-bond donors (Lipinski definition) is 0. The zero-order valence-corrected chi connectivity index (χ0v) is 14.0. The molecule has 116 valence electrons. The van der Waals surface area contributed by atoms with Gasteiger partial charge in [0, 0.05) is 30.0 Å². The highest BCUT2D eigenvalue weighted by atomic mass is 16.5. The molecule has 0 atom stereocenters. The van der Waals surface area contributed by atoms with Gasteiger partial charge in [-0.3, -0.25) is 0 Å². The van der Waals surface area contributed by atoms with E-state index < -0.39 is 0 Å². The lowest BCUT2D eigenvalue weighted by Gasteiger charge is -2.24. The van der Waals surface area contributed by atoms with Crippen LogP contribution in [0.4, 0.5) is 0 Å². The molecule has 0 spiro atoms. The van der Waals surface area contributed by atoms with Crippen LogP contribution < -0.4 is 19.9 Å². The van der Waals surface area contributed by atoms with Crippen LogP contribution in [-0.2, 0) is 12.8 Å². The van der Waals surface area contributed by atoms with Gasteiger partial charge in [-0.1, -0.05) is 13.8 Å². The average Bonchev–Trinajstić information content (AvgIpc) is 2.48. The van der Waals surface area contributed by atoms with E-state index in [1.807, 2.05) is 0 Å². The number of fused-ring (bicyclic) bond motifs is 2. The molecule has 0 bridgehead atoms. The van der Waals surface area contributed by atoms with Gasteiger partial charge >= 0.3 is 0 Å². The van der Waals surface area contributed by atoms with Crippen molar-refractivity contribution in [2.24, 2.45) is 5.92 Å². The topological polar surface area (TPSA) is 12.2 Å². The molecule has 1 aromatic rings. The molecule has 22 heavy (non-hydrogen) atoms. The van der Waals surface area contributed by atoms with E-state index in [0.717, 1.165) is 12.2 Å². The van der Waals surface area contributed by atoms with Gasteiger partial charge < -0.3 is 4.74 Å². The third-order valence-electron chi connectivity index (χ3n) is 5.12. The van der Waals surface area contributed by atoms with Gasteiger partial charge in [-0.2, -0.15) is 0 Å². The number of ether oxygens (including phenoxy) is 1. The van der Waals surface area contributed by atoms with Crippen molar-refractivity contribution >= 4 is 5.57 Å². The minimum Gasteiger partial charge on any atom is -0.461 e. The van der Waals surface area contributed by atoms with Crippen LogP contribution in [0.3, 0.4) is 0 Å². The number of hydrogen-bond acceptors (Lipinski definition) is 1. The fraction of sp³-hybridized carbons (Fsp3) is 0.550. The Morgan fingerprint density at radius 3 is 2.73 bits per heavy atom. The Hall–Kier alpha value is -1.57. The molecule has 0 N–H and O–H groups in total. The lowest BCUT2D eigenvalue weighted by molar-refractivity contribution is 0.364. The van der Waals surface area contributed by atoms with Gasteiger partial charge in [-0.15, -0.1) is 0 Å². The zero-order chi connectivity index (χ0) is 15.3. The number of rotatable bonds is 2. The standard InChI is InChI=1S/C20H26NO/c1-13(2)10-16-11-14(3)18-12-15-6-4-8-21-9-5-7-17(19(15)21)20(18)22-16/h11-13H,4-10H2,1-3H3/q+1. The number of allylic oxidation sites excluding steroid dienone is 2. The Kier molecular flexibility index (Phi) is 3.36. The first kappa shape index (κ1) is 14.0. The average molecular weight is 296 g/mol. The van der Waals surface area contributed by atoms with Crippen molar-refractivity contribution in [3.8, 4) is 5.75 Å². The summed E-state index contributed by atoms with van der Waals surface area (Å²) < 4.78 is 8.99. The summed E-state index contributed by atoms with van der Waals surface area (Å²) in [7, 11) is 0. The molecular weight excluding hydrogens is 270 g/mol. The van der Waals surface area contributed by atoms with Crippen molar-refractivity contribution in [3.63, 3.8) is 0 Å². The van der Waals surface area contributed by atoms with E-state index in [0.29, 0.717) is 5.92 Å². The largest absolute Gasteiger partial charge is 0.461 e. The van der Waals surface area contributed by atoms with Crippen LogP contribution in [0.2, 0.25) is 0 Å². The van der Waals surface area contributed by atoms with Crippen LogP contribution in [0.5, 0.6) is 5.75 Å². The smallest absolute Gasteiger partial charge is 0.210 e. The number of aryl methyl sites for hydroxylation is 1. The van der Waals surface area contributed by atoms with Gasteiger partial charge in [-0.25, -0.2) is 4.58 Å². The summed E-state index contributed by atoms with van der Waals surface area (Å²) >= 11 is 0. The molecule has 0 amide bonds. The van der Waals surface area contributed by atoms with Crippen LogP contribution in [0.15, 0.2) is 17.9 Å². The molecule has 1 aromatic carbocycles. The summed E-state index contributed by atoms with van der Waals surface area (Å²) in [4.78, 5) is 0. The second-order valence-electron chi connectivity index (χ2n) is 7.43. The van der Waals surface area contributed by atoms with E-state index in [4.69, 9.17) is 4.74 Å². The quantitative estimate of drug-likeness (QED) is 0.764. The minimum atomic E-state index is 0.631. The van der Waals surface area contributed by atoms with Crippen LogP contribution in [-0.4, -0.2) is 13.1 Å². The highest BCUT2D eigenvalue weighted by molar-refractivity contribution is 5.62. The van der Waals surface area contributed by atoms with Crippen LogP contribution in [0, 0.1) is 5.92 Å². The summed E-state index contributed by atoms with van der Waals surface area (Å²) in [6.07, 6.45) is 8.22. The molecule has 2 heteroatoms. The summed E-state index contributed by atoms with van der Waals surface area (Å²) in [6.45, 7) is 9.19. The van der Waals surface area contributed by atoms with E-state index >= 15 is 0 Å². The van der Waals surface area contributed by atoms with Crippen molar-refractivity contribution in [1.29, 1.82) is 0 Å². The van der Waals surface area contributed by atoms with E-state index in [-0.39, 0.29) is 0 Å². The van der Waals surface area contributed by atoms with Crippen LogP contribution in [0.25, 0.3) is 5.57 Å². The molecule has 3 aliphatic heterocycles. The predicted molar refractivity (Wildman–Crippen MR) is 90.6 cm³/mol. The van der Waals surface area contributed by atoms with E-state index in [2.05, 4.69) is 37.5 Å². The summed E-state index contributed by atoms with van der Waals surface area (Å²) in [5.74, 6) is 2.94. The Morgan fingerprint density at radius 2 is 1.95 bits per heavy atom. The fourth-order valence-corrected chi connectivity index (χ4v) is 4.22. The van der Waals surface area contributed by atoms with Crippen molar-refractivity contribution in [3.05, 3.63) is 39.6 Å². The molecule has 2 nitrogen and oxygen atoms in total. The maximum absolute atomic E-state index is 6.40. The molecule has 0 fully saturated rings. The van der Waals surface area contributed by atoms with E-state index in [1.54, 1.807) is 5.56 Å². The Labute approximate surface area is 132 Å². The van der Waals surface area contributed by atoms with Gasteiger partial charge in [0.2, 0.25) is 5.36 Å². The number of benzene rings is 1. The maximum Gasteiger partial charge on any atom is 0.210 e.